The van der Waals surface area contributed by atoms with Gasteiger partial charge in [-0.3, -0.25) is 9.48 Å². The van der Waals surface area contributed by atoms with E-state index in [9.17, 15) is 4.79 Å². The van der Waals surface area contributed by atoms with Crippen molar-refractivity contribution in [3.05, 3.63) is 63.3 Å². The molecular formula is C23H27ClN4O2. The zero-order valence-corrected chi connectivity index (χ0v) is 18.6. The number of nitrogens with zero attached hydrogens (tertiary/aromatic N) is 3. The Morgan fingerprint density at radius 1 is 1.33 bits per heavy atom. The first-order valence-electron chi connectivity index (χ1n) is 10.5. The van der Waals surface area contributed by atoms with Gasteiger partial charge in [-0.05, 0) is 57.2 Å². The van der Waals surface area contributed by atoms with E-state index in [1.165, 1.54) is 0 Å². The molecule has 1 aliphatic carbocycles. The molecule has 1 aromatic carbocycles. The molecule has 3 aromatic rings. The highest BCUT2D eigenvalue weighted by Crippen LogP contribution is 2.31. The summed E-state index contributed by atoms with van der Waals surface area (Å²) in [5.41, 5.74) is 4.85. The first-order valence-corrected chi connectivity index (χ1v) is 10.9. The zero-order chi connectivity index (χ0) is 21.4. The van der Waals surface area contributed by atoms with Crippen LogP contribution in [0.5, 0.6) is 0 Å². The van der Waals surface area contributed by atoms with E-state index in [1.807, 2.05) is 42.8 Å². The molecule has 2 atom stereocenters. The van der Waals surface area contributed by atoms with Gasteiger partial charge in [-0.2, -0.15) is 5.10 Å². The lowest BCUT2D eigenvalue weighted by Crippen LogP contribution is -2.19. The molecule has 0 bridgehead atoms. The van der Waals surface area contributed by atoms with E-state index < -0.39 is 0 Å². The van der Waals surface area contributed by atoms with E-state index in [0.717, 1.165) is 59.6 Å². The summed E-state index contributed by atoms with van der Waals surface area (Å²) in [7, 11) is 0. The molecule has 30 heavy (non-hydrogen) atoms. The van der Waals surface area contributed by atoms with Crippen molar-refractivity contribution in [2.24, 2.45) is 5.92 Å². The van der Waals surface area contributed by atoms with E-state index in [0.29, 0.717) is 16.6 Å². The SMILES string of the molecule is CCC1CCc2onc(C(=O)Nc3c(C)nn(C(C)c4ccc(Cl)cc4)c3C)c2C1. The molecule has 1 amide bonds. The Balaban J connectivity index is 1.58. The van der Waals surface area contributed by atoms with Crippen LogP contribution in [0.4, 0.5) is 5.69 Å². The number of carbonyl (C=O) groups excluding carboxylic acids is 1. The minimum absolute atomic E-state index is 0.0109. The van der Waals surface area contributed by atoms with Crippen LogP contribution in [0.3, 0.4) is 0 Å². The van der Waals surface area contributed by atoms with Gasteiger partial charge in [0.25, 0.3) is 5.91 Å². The number of aryl methyl sites for hydroxylation is 2. The summed E-state index contributed by atoms with van der Waals surface area (Å²) in [5, 5.41) is 12.5. The smallest absolute Gasteiger partial charge is 0.278 e. The number of hydrogen-bond acceptors (Lipinski definition) is 4. The molecule has 0 saturated heterocycles. The minimum Gasteiger partial charge on any atom is -0.360 e. The highest BCUT2D eigenvalue weighted by atomic mass is 35.5. The first-order chi connectivity index (χ1) is 14.4. The van der Waals surface area contributed by atoms with Gasteiger partial charge in [0.05, 0.1) is 23.1 Å². The van der Waals surface area contributed by atoms with Crippen LogP contribution in [0.25, 0.3) is 0 Å². The maximum Gasteiger partial charge on any atom is 0.278 e. The van der Waals surface area contributed by atoms with Gasteiger partial charge in [-0.15, -0.1) is 0 Å². The van der Waals surface area contributed by atoms with Gasteiger partial charge < -0.3 is 9.84 Å². The largest absolute Gasteiger partial charge is 0.360 e. The van der Waals surface area contributed by atoms with Gasteiger partial charge in [0.1, 0.15) is 5.76 Å². The number of amides is 1. The van der Waals surface area contributed by atoms with Gasteiger partial charge in [0.15, 0.2) is 5.69 Å². The number of rotatable bonds is 5. The molecule has 1 aliphatic rings. The van der Waals surface area contributed by atoms with Gasteiger partial charge in [0, 0.05) is 17.0 Å². The summed E-state index contributed by atoms with van der Waals surface area (Å²) in [6, 6.07) is 7.75. The van der Waals surface area contributed by atoms with Crippen molar-refractivity contribution in [3.8, 4) is 0 Å². The Morgan fingerprint density at radius 2 is 2.07 bits per heavy atom. The van der Waals surface area contributed by atoms with Crippen LogP contribution in [0.1, 0.15) is 71.5 Å². The monoisotopic (exact) mass is 426 g/mol. The van der Waals surface area contributed by atoms with Crippen molar-refractivity contribution in [1.82, 2.24) is 14.9 Å². The van der Waals surface area contributed by atoms with E-state index in [1.54, 1.807) is 0 Å². The molecular weight excluding hydrogens is 400 g/mol. The van der Waals surface area contributed by atoms with Crippen LogP contribution in [0, 0.1) is 19.8 Å². The van der Waals surface area contributed by atoms with E-state index >= 15 is 0 Å². The molecule has 2 unspecified atom stereocenters. The lowest BCUT2D eigenvalue weighted by atomic mass is 9.85. The second-order valence-corrected chi connectivity index (χ2v) is 8.56. The van der Waals surface area contributed by atoms with Crippen LogP contribution in [0.2, 0.25) is 5.02 Å². The third-order valence-corrected chi connectivity index (χ3v) is 6.47. The van der Waals surface area contributed by atoms with E-state index in [2.05, 4.69) is 29.4 Å². The summed E-state index contributed by atoms with van der Waals surface area (Å²) in [4.78, 5) is 13.0. The number of hydrogen-bond donors (Lipinski definition) is 1. The number of carbonyl (C=O) groups is 1. The van der Waals surface area contributed by atoms with Crippen LogP contribution in [0.15, 0.2) is 28.8 Å². The quantitative estimate of drug-likeness (QED) is 0.583. The Kier molecular flexibility index (Phi) is 5.69. The third kappa shape index (κ3) is 3.76. The Bertz CT molecular complexity index is 1070. The van der Waals surface area contributed by atoms with Crippen LogP contribution in [-0.2, 0) is 12.8 Å². The summed E-state index contributed by atoms with van der Waals surface area (Å²) >= 11 is 6.01. The molecule has 0 aliphatic heterocycles. The topological polar surface area (TPSA) is 73.0 Å². The predicted molar refractivity (Wildman–Crippen MR) is 117 cm³/mol. The molecule has 1 N–H and O–H groups in total. The number of fused-ring (bicyclic) bond motifs is 1. The Labute approximate surface area is 181 Å². The van der Waals surface area contributed by atoms with Crippen molar-refractivity contribution in [2.75, 3.05) is 5.32 Å². The lowest BCUT2D eigenvalue weighted by molar-refractivity contribution is 0.101. The maximum atomic E-state index is 13.0. The third-order valence-electron chi connectivity index (χ3n) is 6.22. The van der Waals surface area contributed by atoms with Gasteiger partial charge in [0.2, 0.25) is 0 Å². The Morgan fingerprint density at radius 3 is 2.77 bits per heavy atom. The second kappa shape index (κ2) is 8.26. The minimum atomic E-state index is -0.235. The van der Waals surface area contributed by atoms with E-state index in [-0.39, 0.29) is 11.9 Å². The molecule has 6 nitrogen and oxygen atoms in total. The van der Waals surface area contributed by atoms with E-state index in [4.69, 9.17) is 16.1 Å². The fourth-order valence-corrected chi connectivity index (χ4v) is 4.41. The zero-order valence-electron chi connectivity index (χ0n) is 17.8. The van der Waals surface area contributed by atoms with Crippen molar-refractivity contribution < 1.29 is 9.32 Å². The summed E-state index contributed by atoms with van der Waals surface area (Å²) < 4.78 is 7.40. The van der Waals surface area contributed by atoms with Crippen molar-refractivity contribution in [2.45, 2.75) is 59.4 Å². The normalized spacial score (nSPS) is 16.9. The number of halogens is 1. The predicted octanol–water partition coefficient (Wildman–Crippen LogP) is 5.52. The molecule has 158 valence electrons. The highest BCUT2D eigenvalue weighted by Gasteiger charge is 2.29. The molecule has 4 rings (SSSR count). The first kappa shape index (κ1) is 20.7. The van der Waals surface area contributed by atoms with Crippen molar-refractivity contribution >= 4 is 23.2 Å². The molecule has 2 aromatic heterocycles. The van der Waals surface area contributed by atoms with Gasteiger partial charge in [-0.25, -0.2) is 0 Å². The summed E-state index contributed by atoms with van der Waals surface area (Å²) in [6.45, 7) is 8.13. The number of aromatic nitrogens is 3. The Hall–Kier alpha value is -2.60. The highest BCUT2D eigenvalue weighted by molar-refractivity contribution is 6.30. The molecule has 0 spiro atoms. The fraction of sp³-hybridized carbons (Fsp3) is 0.435. The average Bonchev–Trinajstić information content (AvgIpc) is 3.29. The second-order valence-electron chi connectivity index (χ2n) is 8.12. The van der Waals surface area contributed by atoms with Crippen LogP contribution < -0.4 is 5.32 Å². The standard InChI is InChI=1S/C23H27ClN4O2/c1-5-16-6-11-20-19(12-16)22(27-30-20)23(29)25-21-13(2)26-28(15(21)4)14(3)17-7-9-18(24)10-8-17/h7-10,14,16H,5-6,11-12H2,1-4H3,(H,25,29). The molecule has 0 radical (unpaired) electrons. The van der Waals surface area contributed by atoms with Gasteiger partial charge in [-0.1, -0.05) is 42.2 Å². The average molecular weight is 427 g/mol. The molecule has 0 fully saturated rings. The maximum absolute atomic E-state index is 13.0. The number of benzene rings is 1. The molecule has 0 saturated carbocycles. The summed E-state index contributed by atoms with van der Waals surface area (Å²) in [5.74, 6) is 1.20. The van der Waals surface area contributed by atoms with Gasteiger partial charge >= 0.3 is 0 Å². The fourth-order valence-electron chi connectivity index (χ4n) is 4.28. The number of anilines is 1. The van der Waals surface area contributed by atoms with Crippen LogP contribution in [-0.4, -0.2) is 20.8 Å². The van der Waals surface area contributed by atoms with Crippen molar-refractivity contribution in [1.29, 1.82) is 0 Å². The lowest BCUT2D eigenvalue weighted by Gasteiger charge is -2.19. The molecule has 2 heterocycles. The molecule has 7 heteroatoms. The summed E-state index contributed by atoms with van der Waals surface area (Å²) in [6.07, 6.45) is 3.89. The number of nitrogens with one attached hydrogen (secondary N) is 1. The van der Waals surface area contributed by atoms with Crippen molar-refractivity contribution in [3.63, 3.8) is 0 Å². The van der Waals surface area contributed by atoms with Crippen LogP contribution >= 0.6 is 11.6 Å².